The molecule has 7 heteroatoms. The molecule has 0 unspecified atom stereocenters. The van der Waals surface area contributed by atoms with Gasteiger partial charge in [-0.25, -0.2) is 0 Å². The van der Waals surface area contributed by atoms with Crippen molar-refractivity contribution in [1.29, 1.82) is 0 Å². The number of benzene rings is 3. The molecule has 0 aliphatic heterocycles. The highest BCUT2D eigenvalue weighted by molar-refractivity contribution is 5.84. The van der Waals surface area contributed by atoms with E-state index in [4.69, 9.17) is 0 Å². The fourth-order valence-electron chi connectivity index (χ4n) is 4.23. The first-order valence-corrected chi connectivity index (χ1v) is 10.5. The van der Waals surface area contributed by atoms with Crippen LogP contribution in [0.1, 0.15) is 36.5 Å². The lowest BCUT2D eigenvalue weighted by atomic mass is 9.90. The quantitative estimate of drug-likeness (QED) is 0.276. The Morgan fingerprint density at radius 2 is 1.15 bits per heavy atom. The van der Waals surface area contributed by atoms with Gasteiger partial charge in [0.15, 0.2) is 0 Å². The fourth-order valence-corrected chi connectivity index (χ4v) is 4.23. The Hall–Kier alpha value is -3.48. The molecule has 1 aromatic heterocycles. The van der Waals surface area contributed by atoms with E-state index in [0.29, 0.717) is 16.3 Å². The summed E-state index contributed by atoms with van der Waals surface area (Å²) in [4.78, 5) is 0. The number of hydrogen-bond donors (Lipinski definition) is 0. The van der Waals surface area contributed by atoms with Crippen molar-refractivity contribution < 1.29 is 26.3 Å². The molecule has 0 radical (unpaired) electrons. The minimum atomic E-state index is -4.89. The lowest BCUT2D eigenvalue weighted by Crippen LogP contribution is -2.23. The third-order valence-corrected chi connectivity index (χ3v) is 5.96. The van der Waals surface area contributed by atoms with E-state index in [1.54, 1.807) is 38.1 Å². The van der Waals surface area contributed by atoms with Gasteiger partial charge in [0.05, 0.1) is 11.1 Å². The number of rotatable bonds is 3. The molecule has 1 nitrogen and oxygen atoms in total. The Labute approximate surface area is 192 Å². The maximum atomic E-state index is 14.1. The molecule has 176 valence electrons. The van der Waals surface area contributed by atoms with E-state index in [-0.39, 0.29) is 11.6 Å². The Balaban J connectivity index is 2.00. The van der Waals surface area contributed by atoms with Gasteiger partial charge in [-0.3, -0.25) is 0 Å². The molecule has 4 rings (SSSR count). The Bertz CT molecular complexity index is 1440. The lowest BCUT2D eigenvalue weighted by molar-refractivity contribution is -0.139. The lowest BCUT2D eigenvalue weighted by Gasteiger charge is -2.20. The highest BCUT2D eigenvalue weighted by Crippen LogP contribution is 2.44. The van der Waals surface area contributed by atoms with Gasteiger partial charge in [-0.05, 0) is 40.8 Å². The molecule has 0 atom stereocenters. The number of nitrogens with zero attached hydrogens (tertiary/aromatic N) is 1. The zero-order valence-electron chi connectivity index (χ0n) is 18.5. The van der Waals surface area contributed by atoms with Crippen molar-refractivity contribution in [2.24, 2.45) is 0 Å². The van der Waals surface area contributed by atoms with Crippen molar-refractivity contribution in [3.63, 3.8) is 0 Å². The minimum absolute atomic E-state index is 0.120. The first kappa shape index (κ1) is 23.7. The highest BCUT2D eigenvalue weighted by Gasteiger charge is 2.39. The molecule has 0 saturated carbocycles. The second kappa shape index (κ2) is 8.08. The summed E-state index contributed by atoms with van der Waals surface area (Å²) in [5.74, 6) is -0.214. The van der Waals surface area contributed by atoms with Crippen molar-refractivity contribution >= 4 is 23.9 Å². The number of fused-ring (bicyclic) bond motifs is 1. The third-order valence-electron chi connectivity index (χ3n) is 5.96. The SMILES string of the molecule is C=c1c2ccccc2c(=C)n1-c1ccc(-c2ccc(C(C)C)cc2C(F)(F)F)c(C(F)(F)F)c1. The first-order valence-electron chi connectivity index (χ1n) is 10.5. The number of aromatic nitrogens is 1. The van der Waals surface area contributed by atoms with E-state index < -0.39 is 34.6 Å². The summed E-state index contributed by atoms with van der Waals surface area (Å²) in [6, 6.07) is 13.9. The molecule has 3 aromatic carbocycles. The van der Waals surface area contributed by atoms with Crippen LogP contribution in [0, 0.1) is 0 Å². The predicted octanol–water partition coefficient (Wildman–Crippen LogP) is 7.28. The van der Waals surface area contributed by atoms with Crippen LogP contribution in [0.15, 0.2) is 60.7 Å². The van der Waals surface area contributed by atoms with Gasteiger partial charge in [0.1, 0.15) is 0 Å². The van der Waals surface area contributed by atoms with Crippen LogP contribution in [0.4, 0.5) is 26.3 Å². The van der Waals surface area contributed by atoms with Crippen molar-refractivity contribution in [1.82, 2.24) is 4.57 Å². The summed E-state index contributed by atoms with van der Waals surface area (Å²) in [5.41, 5.74) is -2.80. The third kappa shape index (κ3) is 4.00. The van der Waals surface area contributed by atoms with Gasteiger partial charge in [0, 0.05) is 27.2 Å². The molecule has 4 aromatic rings. The maximum Gasteiger partial charge on any atom is 0.417 e. The normalized spacial score (nSPS) is 12.6. The van der Waals surface area contributed by atoms with Gasteiger partial charge >= 0.3 is 12.4 Å². The van der Waals surface area contributed by atoms with Gasteiger partial charge in [0.2, 0.25) is 0 Å². The number of alkyl halides is 6. The van der Waals surface area contributed by atoms with Crippen LogP contribution >= 0.6 is 0 Å². The highest BCUT2D eigenvalue weighted by atomic mass is 19.4. The molecule has 0 N–H and O–H groups in total. The molecule has 0 aliphatic rings. The molecular weight excluding hydrogens is 452 g/mol. The standard InChI is InChI=1S/C27H21F6N/c1-15(2)18-9-11-22(24(13-18)26(28,29)30)23-12-10-19(14-25(23)27(31,32)33)34-16(3)20-7-5-6-8-21(20)17(34)4/h5-15H,3-4H2,1-2H3. The Kier molecular flexibility index (Phi) is 5.62. The average Bonchev–Trinajstić information content (AvgIpc) is 3.02. The summed E-state index contributed by atoms with van der Waals surface area (Å²) < 4.78 is 85.5. The zero-order valence-corrected chi connectivity index (χ0v) is 18.5. The maximum absolute atomic E-state index is 14.1. The number of hydrogen-bond acceptors (Lipinski definition) is 0. The van der Waals surface area contributed by atoms with E-state index in [1.807, 2.05) is 0 Å². The van der Waals surface area contributed by atoms with Crippen molar-refractivity contribution in [3.05, 3.63) is 88.1 Å². The van der Waals surface area contributed by atoms with Gasteiger partial charge in [-0.1, -0.05) is 69.5 Å². The minimum Gasteiger partial charge on any atom is -0.310 e. The Morgan fingerprint density at radius 3 is 1.62 bits per heavy atom. The molecule has 0 spiro atoms. The Morgan fingerprint density at radius 1 is 0.676 bits per heavy atom. The topological polar surface area (TPSA) is 4.93 Å². The zero-order chi connectivity index (χ0) is 25.0. The van der Waals surface area contributed by atoms with Gasteiger partial charge in [-0.2, -0.15) is 26.3 Å². The molecule has 0 amide bonds. The van der Waals surface area contributed by atoms with E-state index in [1.165, 1.54) is 16.7 Å². The van der Waals surface area contributed by atoms with Gasteiger partial charge < -0.3 is 4.57 Å². The van der Waals surface area contributed by atoms with Crippen molar-refractivity contribution in [3.8, 4) is 16.8 Å². The van der Waals surface area contributed by atoms with Crippen LogP contribution in [0.3, 0.4) is 0 Å². The van der Waals surface area contributed by atoms with Crippen LogP contribution < -0.4 is 10.7 Å². The van der Waals surface area contributed by atoms with Crippen LogP contribution in [0.25, 0.3) is 40.7 Å². The largest absolute Gasteiger partial charge is 0.417 e. The van der Waals surface area contributed by atoms with Crippen LogP contribution in [0.5, 0.6) is 0 Å². The summed E-state index contributed by atoms with van der Waals surface area (Å²) >= 11 is 0. The van der Waals surface area contributed by atoms with E-state index in [2.05, 4.69) is 13.2 Å². The first-order chi connectivity index (χ1) is 15.8. The van der Waals surface area contributed by atoms with Crippen LogP contribution in [-0.2, 0) is 12.4 Å². The molecular formula is C27H21F6N. The monoisotopic (exact) mass is 473 g/mol. The predicted molar refractivity (Wildman–Crippen MR) is 123 cm³/mol. The van der Waals surface area contributed by atoms with Gasteiger partial charge in [-0.15, -0.1) is 0 Å². The molecule has 0 aliphatic carbocycles. The second-order valence-corrected chi connectivity index (χ2v) is 8.46. The van der Waals surface area contributed by atoms with Crippen LogP contribution in [0.2, 0.25) is 0 Å². The second-order valence-electron chi connectivity index (χ2n) is 8.46. The van der Waals surface area contributed by atoms with Crippen LogP contribution in [-0.4, -0.2) is 4.57 Å². The summed E-state index contributed by atoms with van der Waals surface area (Å²) in [7, 11) is 0. The molecule has 0 bridgehead atoms. The molecule has 0 fully saturated rings. The smallest absolute Gasteiger partial charge is 0.310 e. The summed E-state index contributed by atoms with van der Waals surface area (Å²) in [6.45, 7) is 11.4. The number of halogens is 6. The van der Waals surface area contributed by atoms with Gasteiger partial charge in [0.25, 0.3) is 0 Å². The summed E-state index contributed by atoms with van der Waals surface area (Å²) in [5, 5.41) is 2.35. The molecule has 0 saturated heterocycles. The molecule has 1 heterocycles. The average molecular weight is 473 g/mol. The van der Waals surface area contributed by atoms with E-state index >= 15 is 0 Å². The van der Waals surface area contributed by atoms with Crippen molar-refractivity contribution in [2.45, 2.75) is 32.1 Å². The summed E-state index contributed by atoms with van der Waals surface area (Å²) in [6.07, 6.45) is -9.71. The fraction of sp³-hybridized carbons (Fsp3) is 0.185. The van der Waals surface area contributed by atoms with Crippen molar-refractivity contribution in [2.75, 3.05) is 0 Å². The van der Waals surface area contributed by atoms with E-state index in [0.717, 1.165) is 35.0 Å². The van der Waals surface area contributed by atoms with E-state index in [9.17, 15) is 26.3 Å². The molecule has 34 heavy (non-hydrogen) atoms.